The molecule has 0 amide bonds. The molecule has 0 atom stereocenters. The summed E-state index contributed by atoms with van der Waals surface area (Å²) in [5, 5.41) is 0. The van der Waals surface area contributed by atoms with Gasteiger partial charge in [-0.2, -0.15) is 4.31 Å². The van der Waals surface area contributed by atoms with Crippen molar-refractivity contribution in [2.24, 2.45) is 0 Å². The highest BCUT2D eigenvalue weighted by Crippen LogP contribution is 2.15. The van der Waals surface area contributed by atoms with Gasteiger partial charge in [-0.1, -0.05) is 12.1 Å². The number of Topliss-reactive ketones (excluding diaryl/α,β-unsaturated/α-hetero) is 1. The summed E-state index contributed by atoms with van der Waals surface area (Å²) in [5.74, 6) is -0.760. The lowest BCUT2D eigenvalue weighted by atomic mass is 10.2. The normalized spacial score (nSPS) is 11.7. The second-order valence-electron chi connectivity index (χ2n) is 4.88. The molecule has 0 heterocycles. The maximum atomic E-state index is 12.3. The van der Waals surface area contributed by atoms with Crippen LogP contribution in [0, 0.1) is 0 Å². The maximum Gasteiger partial charge on any atom is 0.321 e. The molecule has 7 heteroatoms. The van der Waals surface area contributed by atoms with E-state index in [1.165, 1.54) is 38.2 Å². The predicted molar refractivity (Wildman–Crippen MR) is 77.5 cm³/mol. The van der Waals surface area contributed by atoms with E-state index < -0.39 is 16.0 Å². The number of rotatable bonds is 6. The summed E-state index contributed by atoms with van der Waals surface area (Å²) >= 11 is 0. The molecule has 0 saturated heterocycles. The smallest absolute Gasteiger partial charge is 0.321 e. The van der Waals surface area contributed by atoms with E-state index in [2.05, 4.69) is 0 Å². The van der Waals surface area contributed by atoms with Crippen LogP contribution in [0.25, 0.3) is 0 Å². The number of nitrogens with zero attached hydrogens (tertiary/aromatic N) is 1. The molecule has 0 saturated carbocycles. The first-order chi connectivity index (χ1) is 9.64. The van der Waals surface area contributed by atoms with Crippen LogP contribution in [0.15, 0.2) is 29.2 Å². The van der Waals surface area contributed by atoms with E-state index in [9.17, 15) is 18.0 Å². The molecule has 21 heavy (non-hydrogen) atoms. The van der Waals surface area contributed by atoms with E-state index in [4.69, 9.17) is 4.74 Å². The number of hydrogen-bond acceptors (Lipinski definition) is 5. The average molecular weight is 313 g/mol. The zero-order chi connectivity index (χ0) is 16.2. The molecule has 0 unspecified atom stereocenters. The molecule has 1 rings (SSSR count). The number of carbonyl (C=O) groups is 2. The number of ether oxygens (including phenoxy) is 1. The lowest BCUT2D eigenvalue weighted by molar-refractivity contribution is -0.147. The number of ketones is 1. The van der Waals surface area contributed by atoms with Crippen LogP contribution in [-0.4, -0.2) is 44.2 Å². The van der Waals surface area contributed by atoms with Gasteiger partial charge < -0.3 is 4.74 Å². The number of hydrogen-bond donors (Lipinski definition) is 0. The monoisotopic (exact) mass is 313 g/mol. The third kappa shape index (κ3) is 4.64. The van der Waals surface area contributed by atoms with E-state index in [1.54, 1.807) is 13.8 Å². The first-order valence-corrected chi connectivity index (χ1v) is 7.85. The van der Waals surface area contributed by atoms with Gasteiger partial charge in [0, 0.05) is 12.6 Å². The molecule has 0 fully saturated rings. The van der Waals surface area contributed by atoms with Crippen molar-refractivity contribution >= 4 is 21.8 Å². The molecule has 0 aliphatic rings. The fourth-order valence-corrected chi connectivity index (χ4v) is 2.72. The van der Waals surface area contributed by atoms with E-state index >= 15 is 0 Å². The van der Waals surface area contributed by atoms with Crippen LogP contribution in [0.3, 0.4) is 0 Å². The second kappa shape index (κ2) is 6.82. The lowest BCUT2D eigenvalue weighted by Crippen LogP contribution is -2.33. The molecule has 0 radical (unpaired) electrons. The number of likely N-dealkylation sites (N-methyl/N-ethyl adjacent to an activating group) is 1. The van der Waals surface area contributed by atoms with Crippen molar-refractivity contribution in [2.45, 2.75) is 31.8 Å². The molecular formula is C14H19NO5S. The van der Waals surface area contributed by atoms with Crippen LogP contribution in [0.5, 0.6) is 0 Å². The molecule has 0 aromatic heterocycles. The predicted octanol–water partition coefficient (Wildman–Crippen LogP) is 1.46. The third-order valence-corrected chi connectivity index (χ3v) is 4.51. The molecule has 1 aromatic rings. The Balaban J connectivity index is 2.89. The van der Waals surface area contributed by atoms with E-state index in [0.29, 0.717) is 5.56 Å². The molecular weight excluding hydrogens is 294 g/mol. The standard InChI is InChI=1S/C14H19NO5S/c1-10(2)20-14(17)9-15(4)21(18,19)13-7-5-12(6-8-13)11(3)16/h5-8,10H,9H2,1-4H3. The lowest BCUT2D eigenvalue weighted by Gasteiger charge is -2.17. The number of carbonyl (C=O) groups excluding carboxylic acids is 2. The van der Waals surface area contributed by atoms with Gasteiger partial charge in [0.2, 0.25) is 10.0 Å². The van der Waals surface area contributed by atoms with Gasteiger partial charge >= 0.3 is 5.97 Å². The Morgan fingerprint density at radius 3 is 2.14 bits per heavy atom. The molecule has 1 aromatic carbocycles. The largest absolute Gasteiger partial charge is 0.462 e. The van der Waals surface area contributed by atoms with Crippen molar-refractivity contribution in [3.8, 4) is 0 Å². The van der Waals surface area contributed by atoms with Crippen molar-refractivity contribution in [2.75, 3.05) is 13.6 Å². The number of esters is 1. The van der Waals surface area contributed by atoms with Gasteiger partial charge in [-0.05, 0) is 32.9 Å². The van der Waals surface area contributed by atoms with Gasteiger partial charge in [0.1, 0.15) is 6.54 Å². The first-order valence-electron chi connectivity index (χ1n) is 6.41. The highest BCUT2D eigenvalue weighted by molar-refractivity contribution is 7.89. The van der Waals surface area contributed by atoms with Crippen LogP contribution >= 0.6 is 0 Å². The van der Waals surface area contributed by atoms with Gasteiger partial charge in [-0.15, -0.1) is 0 Å². The van der Waals surface area contributed by atoms with E-state index in [-0.39, 0.29) is 23.3 Å². The van der Waals surface area contributed by atoms with Crippen LogP contribution in [-0.2, 0) is 19.6 Å². The van der Waals surface area contributed by atoms with Gasteiger partial charge in [0.25, 0.3) is 0 Å². The summed E-state index contributed by atoms with van der Waals surface area (Å²) in [4.78, 5) is 22.7. The zero-order valence-electron chi connectivity index (χ0n) is 12.5. The van der Waals surface area contributed by atoms with E-state index in [0.717, 1.165) is 4.31 Å². The molecule has 6 nitrogen and oxygen atoms in total. The van der Waals surface area contributed by atoms with Crippen molar-refractivity contribution in [1.82, 2.24) is 4.31 Å². The highest BCUT2D eigenvalue weighted by atomic mass is 32.2. The average Bonchev–Trinajstić information content (AvgIpc) is 2.37. The molecule has 0 bridgehead atoms. The Morgan fingerprint density at radius 1 is 1.19 bits per heavy atom. The van der Waals surface area contributed by atoms with Gasteiger partial charge in [0.15, 0.2) is 5.78 Å². The molecule has 0 aliphatic carbocycles. The van der Waals surface area contributed by atoms with Crippen LogP contribution in [0.1, 0.15) is 31.1 Å². The van der Waals surface area contributed by atoms with Crippen LogP contribution in [0.2, 0.25) is 0 Å². The zero-order valence-corrected chi connectivity index (χ0v) is 13.3. The van der Waals surface area contributed by atoms with Crippen LogP contribution < -0.4 is 0 Å². The minimum absolute atomic E-state index is 0.0207. The molecule has 116 valence electrons. The minimum Gasteiger partial charge on any atom is -0.462 e. The second-order valence-corrected chi connectivity index (χ2v) is 6.93. The summed E-state index contributed by atoms with van der Waals surface area (Å²) in [6, 6.07) is 5.57. The molecule has 0 N–H and O–H groups in total. The van der Waals surface area contributed by atoms with Crippen molar-refractivity contribution < 1.29 is 22.7 Å². The quantitative estimate of drug-likeness (QED) is 0.587. The molecule has 0 aliphatic heterocycles. The summed E-state index contributed by atoms with van der Waals surface area (Å²) < 4.78 is 30.4. The maximum absolute atomic E-state index is 12.3. The van der Waals surface area contributed by atoms with Gasteiger partial charge in [-0.25, -0.2) is 8.42 Å². The first kappa shape index (κ1) is 17.3. The van der Waals surface area contributed by atoms with E-state index in [1.807, 2.05) is 0 Å². The summed E-state index contributed by atoms with van der Waals surface area (Å²) in [7, 11) is -2.49. The Hall–Kier alpha value is -1.73. The fourth-order valence-electron chi connectivity index (χ4n) is 1.61. The number of sulfonamides is 1. The Kier molecular flexibility index (Phi) is 5.62. The minimum atomic E-state index is -3.79. The SMILES string of the molecule is CC(=O)c1ccc(S(=O)(=O)N(C)CC(=O)OC(C)C)cc1. The fraction of sp³-hybridized carbons (Fsp3) is 0.429. The van der Waals surface area contributed by atoms with Crippen molar-refractivity contribution in [3.05, 3.63) is 29.8 Å². The topological polar surface area (TPSA) is 80.8 Å². The van der Waals surface area contributed by atoms with Gasteiger partial charge in [0.05, 0.1) is 11.0 Å². The summed E-state index contributed by atoms with van der Waals surface area (Å²) in [5.41, 5.74) is 0.427. The number of benzene rings is 1. The van der Waals surface area contributed by atoms with Crippen LogP contribution in [0.4, 0.5) is 0 Å². The molecule has 0 spiro atoms. The summed E-state index contributed by atoms with van der Waals surface area (Å²) in [6.07, 6.45) is -0.302. The third-order valence-electron chi connectivity index (χ3n) is 2.69. The Morgan fingerprint density at radius 2 is 1.71 bits per heavy atom. The highest BCUT2D eigenvalue weighted by Gasteiger charge is 2.24. The van der Waals surface area contributed by atoms with Crippen molar-refractivity contribution in [1.29, 1.82) is 0 Å². The van der Waals surface area contributed by atoms with Gasteiger partial charge in [-0.3, -0.25) is 9.59 Å². The summed E-state index contributed by atoms with van der Waals surface area (Å²) in [6.45, 7) is 4.41. The Bertz CT molecular complexity index is 619. The Labute approximate surface area is 124 Å². The van der Waals surface area contributed by atoms with Crippen molar-refractivity contribution in [3.63, 3.8) is 0 Å².